The summed E-state index contributed by atoms with van der Waals surface area (Å²) in [6, 6.07) is 4.97. The van der Waals surface area contributed by atoms with Crippen LogP contribution in [0.1, 0.15) is 34.6 Å². The number of anilines is 1. The summed E-state index contributed by atoms with van der Waals surface area (Å²) in [7, 11) is 0. The Morgan fingerprint density at radius 1 is 1.09 bits per heavy atom. The molecule has 1 amide bonds. The minimum Gasteiger partial charge on any atom is -0.464 e. The number of hydrogen-bond acceptors (Lipinski definition) is 7. The van der Waals surface area contributed by atoms with Crippen molar-refractivity contribution in [1.29, 1.82) is 5.41 Å². The van der Waals surface area contributed by atoms with Gasteiger partial charge in [0.1, 0.15) is 22.9 Å². The van der Waals surface area contributed by atoms with Crippen molar-refractivity contribution in [2.24, 2.45) is 5.92 Å². The lowest BCUT2D eigenvalue weighted by Crippen LogP contribution is -2.58. The van der Waals surface area contributed by atoms with Crippen molar-refractivity contribution in [2.45, 2.75) is 46.7 Å². The zero-order valence-electron chi connectivity index (χ0n) is 25.3. The highest BCUT2D eigenvalue weighted by Gasteiger charge is 2.34. The summed E-state index contributed by atoms with van der Waals surface area (Å²) in [6.07, 6.45) is 4.15. The van der Waals surface area contributed by atoms with Crippen molar-refractivity contribution >= 4 is 45.1 Å². The van der Waals surface area contributed by atoms with Crippen molar-refractivity contribution in [3.63, 3.8) is 0 Å². The number of benzene rings is 1. The van der Waals surface area contributed by atoms with Crippen LogP contribution in [-0.4, -0.2) is 56.2 Å². The second-order valence-corrected chi connectivity index (χ2v) is 11.4. The number of hydrogen-bond donors (Lipinski definition) is 1. The first kappa shape index (κ1) is 30.5. The van der Waals surface area contributed by atoms with Gasteiger partial charge in [-0.3, -0.25) is 4.79 Å². The molecule has 1 aliphatic rings. The SMILES string of the molecule is C=CC(=O)N1C[C@H](C)N(c2nc(=O)n(/C(C(=N)C(C)C)=C(\C)C=C)c3nc(-c4c(F)ccc5ccoc45)c(F)cc23)C[C@H]1C. The third-order valence-corrected chi connectivity index (χ3v) is 8.06. The Bertz CT molecular complexity index is 1940. The van der Waals surface area contributed by atoms with E-state index in [9.17, 15) is 9.59 Å². The summed E-state index contributed by atoms with van der Waals surface area (Å²) >= 11 is 0. The number of pyridine rings is 1. The van der Waals surface area contributed by atoms with E-state index in [0.717, 1.165) is 0 Å². The van der Waals surface area contributed by atoms with Gasteiger partial charge >= 0.3 is 5.69 Å². The number of fused-ring (bicyclic) bond motifs is 2. The Kier molecular flexibility index (Phi) is 8.07. The predicted molar refractivity (Wildman–Crippen MR) is 169 cm³/mol. The fourth-order valence-electron chi connectivity index (χ4n) is 5.66. The van der Waals surface area contributed by atoms with Gasteiger partial charge in [-0.25, -0.2) is 23.1 Å². The maximum absolute atomic E-state index is 16.2. The number of furan rings is 1. The molecule has 1 saturated heterocycles. The number of carbonyl (C=O) groups is 1. The molecule has 4 heterocycles. The van der Waals surface area contributed by atoms with Gasteiger partial charge in [-0.05, 0) is 62.6 Å². The summed E-state index contributed by atoms with van der Waals surface area (Å²) in [4.78, 5) is 39.1. The van der Waals surface area contributed by atoms with Crippen LogP contribution >= 0.6 is 0 Å². The van der Waals surface area contributed by atoms with Crippen LogP contribution < -0.4 is 10.6 Å². The van der Waals surface area contributed by atoms with Crippen LogP contribution in [0, 0.1) is 23.0 Å². The highest BCUT2D eigenvalue weighted by molar-refractivity contribution is 6.20. The van der Waals surface area contributed by atoms with Gasteiger partial charge in [-0.15, -0.1) is 0 Å². The molecule has 0 spiro atoms. The minimum absolute atomic E-state index is 0.00888. The summed E-state index contributed by atoms with van der Waals surface area (Å²) in [5.74, 6) is -1.94. The van der Waals surface area contributed by atoms with E-state index in [1.54, 1.807) is 17.9 Å². The standard InChI is InChI=1S/C33H34F2N6O3/c1-8-18(5)29(27(36)17(3)4)41-32-22(14-24(35)28(37-32)26-23(34)11-10-21-12-13-44-30(21)26)31(38-33(41)43)40-16-19(6)39(15-20(40)7)25(42)9-2/h8-14,17,19-20,36H,1-2,15-16H2,3-7H3/b29-18+,36-27?/t19-,20+/m1/s1. The number of aromatic nitrogens is 3. The number of rotatable bonds is 7. The van der Waals surface area contributed by atoms with Gasteiger partial charge in [-0.2, -0.15) is 4.98 Å². The molecule has 0 aliphatic carbocycles. The maximum Gasteiger partial charge on any atom is 0.355 e. The molecule has 3 aromatic heterocycles. The molecule has 5 rings (SSSR count). The zero-order valence-corrected chi connectivity index (χ0v) is 25.3. The normalized spacial score (nSPS) is 17.7. The van der Waals surface area contributed by atoms with E-state index in [2.05, 4.69) is 23.1 Å². The molecule has 0 bridgehead atoms. The van der Waals surface area contributed by atoms with E-state index in [0.29, 0.717) is 24.0 Å². The number of nitrogens with zero attached hydrogens (tertiary/aromatic N) is 5. The molecule has 1 N–H and O–H groups in total. The molecular weight excluding hydrogens is 566 g/mol. The molecule has 0 saturated carbocycles. The molecule has 11 heteroatoms. The van der Waals surface area contributed by atoms with Gasteiger partial charge in [0.25, 0.3) is 0 Å². The number of amides is 1. The second kappa shape index (κ2) is 11.6. The van der Waals surface area contributed by atoms with Gasteiger partial charge in [0, 0.05) is 30.6 Å². The molecule has 1 fully saturated rings. The average Bonchev–Trinajstić information content (AvgIpc) is 3.47. The first-order valence-corrected chi connectivity index (χ1v) is 14.3. The Balaban J connectivity index is 1.86. The van der Waals surface area contributed by atoms with Crippen LogP contribution in [-0.2, 0) is 4.79 Å². The van der Waals surface area contributed by atoms with E-state index in [1.807, 2.05) is 32.6 Å². The lowest BCUT2D eigenvalue weighted by Gasteiger charge is -2.44. The third kappa shape index (κ3) is 5.01. The Hall–Kier alpha value is -4.93. The second-order valence-electron chi connectivity index (χ2n) is 11.4. The van der Waals surface area contributed by atoms with Crippen molar-refractivity contribution in [3.05, 3.63) is 83.5 Å². The molecule has 4 aromatic rings. The fourth-order valence-corrected chi connectivity index (χ4v) is 5.66. The molecule has 0 unspecified atom stereocenters. The van der Waals surface area contributed by atoms with Crippen molar-refractivity contribution in [1.82, 2.24) is 19.4 Å². The molecule has 1 aromatic carbocycles. The van der Waals surface area contributed by atoms with Crippen LogP contribution in [0.15, 0.2) is 70.6 Å². The lowest BCUT2D eigenvalue weighted by molar-refractivity contribution is -0.128. The van der Waals surface area contributed by atoms with E-state index in [1.165, 1.54) is 41.2 Å². The molecule has 1 aliphatic heterocycles. The number of allylic oxidation sites excluding steroid dienone is 3. The number of nitrogens with one attached hydrogen (secondary N) is 1. The highest BCUT2D eigenvalue weighted by Crippen LogP contribution is 2.36. The van der Waals surface area contributed by atoms with Crippen LogP contribution in [0.4, 0.5) is 14.6 Å². The molecule has 9 nitrogen and oxygen atoms in total. The van der Waals surface area contributed by atoms with Crippen molar-refractivity contribution in [2.75, 3.05) is 18.0 Å². The molecule has 228 valence electrons. The minimum atomic E-state index is -0.848. The number of halogens is 2. The summed E-state index contributed by atoms with van der Waals surface area (Å²) < 4.78 is 38.2. The van der Waals surface area contributed by atoms with Crippen LogP contribution in [0.3, 0.4) is 0 Å². The highest BCUT2D eigenvalue weighted by atomic mass is 19.1. The monoisotopic (exact) mass is 600 g/mol. The average molecular weight is 601 g/mol. The van der Waals surface area contributed by atoms with Gasteiger partial charge in [0.05, 0.1) is 28.6 Å². The lowest BCUT2D eigenvalue weighted by atomic mass is 10.0. The number of piperazine rings is 1. The third-order valence-electron chi connectivity index (χ3n) is 8.06. The Labute approximate surface area is 253 Å². The van der Waals surface area contributed by atoms with E-state index < -0.39 is 17.3 Å². The van der Waals surface area contributed by atoms with E-state index in [-0.39, 0.29) is 69.0 Å². The topological polar surface area (TPSA) is 108 Å². The Morgan fingerprint density at radius 3 is 2.48 bits per heavy atom. The quantitative estimate of drug-likeness (QED) is 0.154. The maximum atomic E-state index is 16.2. The van der Waals surface area contributed by atoms with Gasteiger partial charge < -0.3 is 19.6 Å². The summed E-state index contributed by atoms with van der Waals surface area (Å²) in [5.41, 5.74) is -0.363. The van der Waals surface area contributed by atoms with E-state index >= 15 is 8.78 Å². The smallest absolute Gasteiger partial charge is 0.355 e. The zero-order chi connectivity index (χ0) is 32.0. The molecular formula is C33H34F2N6O3. The molecule has 0 radical (unpaired) electrons. The van der Waals surface area contributed by atoms with Gasteiger partial charge in [-0.1, -0.05) is 33.1 Å². The molecule has 2 atom stereocenters. The first-order valence-electron chi connectivity index (χ1n) is 14.3. The van der Waals surface area contributed by atoms with Crippen molar-refractivity contribution < 1.29 is 18.0 Å². The van der Waals surface area contributed by atoms with Crippen LogP contribution in [0.25, 0.3) is 39.0 Å². The van der Waals surface area contributed by atoms with Crippen LogP contribution in [0.5, 0.6) is 0 Å². The van der Waals surface area contributed by atoms with Crippen LogP contribution in [0.2, 0.25) is 0 Å². The Morgan fingerprint density at radius 2 is 1.82 bits per heavy atom. The summed E-state index contributed by atoms with van der Waals surface area (Å²) in [6.45, 7) is 17.1. The van der Waals surface area contributed by atoms with Gasteiger partial charge in [0.15, 0.2) is 11.5 Å². The summed E-state index contributed by atoms with van der Waals surface area (Å²) in [5, 5.41) is 9.62. The fraction of sp³-hybridized carbons (Fsp3) is 0.303. The van der Waals surface area contributed by atoms with Crippen molar-refractivity contribution in [3.8, 4) is 11.3 Å². The number of carbonyl (C=O) groups excluding carboxylic acids is 1. The largest absolute Gasteiger partial charge is 0.464 e. The van der Waals surface area contributed by atoms with E-state index in [4.69, 9.17) is 9.83 Å². The predicted octanol–water partition coefficient (Wildman–Crippen LogP) is 6.19. The molecule has 44 heavy (non-hydrogen) atoms. The first-order chi connectivity index (χ1) is 20.9. The van der Waals surface area contributed by atoms with Gasteiger partial charge in [0.2, 0.25) is 5.91 Å².